The molecule has 334 valence electrons. The Morgan fingerprint density at radius 1 is 0.703 bits per heavy atom. The number of nitrogen functional groups attached to an aromatic ring is 1. The minimum Gasteiger partial charge on any atom is -0.398 e. The van der Waals surface area contributed by atoms with E-state index >= 15 is 0 Å². The van der Waals surface area contributed by atoms with Crippen molar-refractivity contribution in [3.05, 3.63) is 151 Å². The Morgan fingerprint density at radius 3 is 1.55 bits per heavy atom. The highest BCUT2D eigenvalue weighted by atomic mass is 35.5. The molecule has 8 rings (SSSR count). The summed E-state index contributed by atoms with van der Waals surface area (Å²) in [6, 6.07) is 25.0. The number of nitrogens with two attached hydrogens (primary N) is 1. The molecular weight excluding hydrogens is 924 g/mol. The molecule has 2 N–H and O–H groups in total. The quantitative estimate of drug-likeness (QED) is 0.134. The molecule has 1 saturated heterocycles. The molecule has 1 aromatic heterocycles. The van der Waals surface area contributed by atoms with Crippen LogP contribution >= 0.6 is 46.4 Å². The molecule has 1 fully saturated rings. The minimum absolute atomic E-state index is 0.0179. The molecule has 8 nitrogen and oxygen atoms in total. The summed E-state index contributed by atoms with van der Waals surface area (Å²) in [7, 11) is 1.68. The summed E-state index contributed by atoms with van der Waals surface area (Å²) >= 11 is 23.8. The highest BCUT2D eigenvalue weighted by Gasteiger charge is 2.59. The number of methoxy groups -OCH3 is 1. The van der Waals surface area contributed by atoms with Gasteiger partial charge >= 0.3 is 12.4 Å². The molecule has 0 saturated carbocycles. The van der Waals surface area contributed by atoms with E-state index in [2.05, 4.69) is 23.0 Å². The van der Waals surface area contributed by atoms with E-state index in [9.17, 15) is 31.6 Å². The standard InChI is InChI=1S/C22H14Cl2F3N3.C18H12Cl2F3N3.C6H12O2/c23-17-8-16(9-18(24)10-17)21(22(25,26)27)11-19(29-13-21)14-3-4-20(15(7-14)12-28)30-5-1-2-6-30;19-13-4-12(5-14(20)6-13)17(18(21,22)23)7-16(26-9-17)10-1-2-15(25)11(3-10)8-24;1-5-3-4-6(7-2)8-5/h1-10H,11,13H2;1-6H,7,9,25H2;5-6H,3-4H2,1-2H3. The number of rotatable bonds is 6. The lowest BCUT2D eigenvalue weighted by molar-refractivity contribution is -0.184. The molecule has 0 aliphatic carbocycles. The summed E-state index contributed by atoms with van der Waals surface area (Å²) < 4.78 is 96.8. The van der Waals surface area contributed by atoms with E-state index in [1.807, 2.05) is 18.2 Å². The number of benzene rings is 4. The molecule has 3 aliphatic heterocycles. The summed E-state index contributed by atoms with van der Waals surface area (Å²) in [5.74, 6) is 0. The maximum Gasteiger partial charge on any atom is 0.400 e. The second kappa shape index (κ2) is 19.6. The predicted octanol–water partition coefficient (Wildman–Crippen LogP) is 12.6. The summed E-state index contributed by atoms with van der Waals surface area (Å²) in [4.78, 5) is 8.35. The Kier molecular flexibility index (Phi) is 14.8. The third kappa shape index (κ3) is 10.4. The number of ether oxygens (including phenoxy) is 2. The van der Waals surface area contributed by atoms with Crippen LogP contribution in [0.2, 0.25) is 20.1 Å². The summed E-state index contributed by atoms with van der Waals surface area (Å²) in [6.07, 6.45) is -3.60. The first-order valence-electron chi connectivity index (χ1n) is 19.5. The van der Waals surface area contributed by atoms with Crippen molar-refractivity contribution < 1.29 is 35.8 Å². The van der Waals surface area contributed by atoms with Gasteiger partial charge in [-0.25, -0.2) is 0 Å². The van der Waals surface area contributed by atoms with Gasteiger partial charge < -0.3 is 19.8 Å². The number of hydrogen-bond acceptors (Lipinski definition) is 7. The van der Waals surface area contributed by atoms with E-state index in [1.54, 1.807) is 48.3 Å². The maximum atomic E-state index is 14.2. The van der Waals surface area contributed by atoms with Crippen LogP contribution in [0.25, 0.3) is 5.69 Å². The molecule has 4 unspecified atom stereocenters. The number of halogens is 10. The summed E-state index contributed by atoms with van der Waals surface area (Å²) in [5.41, 5.74) is 4.12. The largest absolute Gasteiger partial charge is 0.400 e. The van der Waals surface area contributed by atoms with E-state index in [0.717, 1.165) is 12.8 Å². The Morgan fingerprint density at radius 2 is 1.16 bits per heavy atom. The second-order valence-corrected chi connectivity index (χ2v) is 17.1. The van der Waals surface area contributed by atoms with Gasteiger partial charge in [-0.05, 0) is 108 Å². The maximum absolute atomic E-state index is 14.2. The summed E-state index contributed by atoms with van der Waals surface area (Å²) in [6.45, 7) is 1.12. The smallest absolute Gasteiger partial charge is 0.398 e. The normalized spacial score (nSPS) is 21.7. The first-order chi connectivity index (χ1) is 30.2. The molecule has 4 aromatic carbocycles. The predicted molar refractivity (Wildman–Crippen MR) is 237 cm³/mol. The van der Waals surface area contributed by atoms with Crippen LogP contribution < -0.4 is 5.73 Å². The van der Waals surface area contributed by atoms with Gasteiger partial charge in [0.05, 0.1) is 36.0 Å². The fourth-order valence-electron chi connectivity index (χ4n) is 7.69. The van der Waals surface area contributed by atoms with Crippen molar-refractivity contribution in [3.63, 3.8) is 0 Å². The number of alkyl halides is 6. The lowest BCUT2D eigenvalue weighted by Crippen LogP contribution is -2.43. The molecule has 0 radical (unpaired) electrons. The first kappa shape index (κ1) is 48.4. The number of aliphatic imine (C=N–C) groups is 2. The van der Waals surface area contributed by atoms with Crippen LogP contribution in [-0.2, 0) is 20.3 Å². The molecule has 3 aliphatic rings. The number of nitrogens with zero attached hydrogens (tertiary/aromatic N) is 5. The van der Waals surface area contributed by atoms with E-state index in [4.69, 9.17) is 66.9 Å². The third-order valence-corrected chi connectivity index (χ3v) is 12.1. The number of nitriles is 2. The highest BCUT2D eigenvalue weighted by molar-refractivity contribution is 6.35. The van der Waals surface area contributed by atoms with E-state index in [0.29, 0.717) is 34.2 Å². The van der Waals surface area contributed by atoms with Crippen molar-refractivity contribution >= 4 is 63.5 Å². The van der Waals surface area contributed by atoms with E-state index in [1.165, 1.54) is 48.5 Å². The van der Waals surface area contributed by atoms with Gasteiger partial charge in [0.25, 0.3) is 0 Å². The molecule has 5 aromatic rings. The fourth-order valence-corrected chi connectivity index (χ4v) is 8.75. The average Bonchev–Trinajstić information content (AvgIpc) is 4.08. The van der Waals surface area contributed by atoms with Crippen molar-refractivity contribution in [2.45, 2.75) is 68.2 Å². The van der Waals surface area contributed by atoms with Crippen molar-refractivity contribution in [2.24, 2.45) is 9.98 Å². The Bertz CT molecular complexity index is 2620. The molecule has 0 spiro atoms. The Balaban J connectivity index is 0.000000182. The molecule has 18 heteroatoms. The fraction of sp³-hybridized carbons (Fsp3) is 0.304. The monoisotopic (exact) mass is 960 g/mol. The van der Waals surface area contributed by atoms with Crippen LogP contribution in [0.15, 0.2) is 107 Å². The van der Waals surface area contributed by atoms with Gasteiger partial charge in [-0.1, -0.05) is 58.5 Å². The van der Waals surface area contributed by atoms with Gasteiger partial charge in [0.2, 0.25) is 0 Å². The number of anilines is 1. The lowest BCUT2D eigenvalue weighted by atomic mass is 9.76. The van der Waals surface area contributed by atoms with Crippen LogP contribution in [0.1, 0.15) is 66.0 Å². The first-order valence-corrected chi connectivity index (χ1v) is 21.0. The molecule has 0 amide bonds. The van der Waals surface area contributed by atoms with Crippen molar-refractivity contribution in [2.75, 3.05) is 25.9 Å². The lowest BCUT2D eigenvalue weighted by Gasteiger charge is -2.31. The van der Waals surface area contributed by atoms with Crippen LogP contribution in [0, 0.1) is 22.7 Å². The SMILES string of the molecule is COC1CCC(C)O1.N#Cc1cc(C2=NCC(c3cc(Cl)cc(Cl)c3)(C(F)(F)F)C2)ccc1-n1cccc1.N#Cc1cc(C2=NCC(c3cc(Cl)cc(Cl)c3)(C(F)(F)F)C2)ccc1N. The van der Waals surface area contributed by atoms with Crippen LogP contribution in [0.4, 0.5) is 32.0 Å². The van der Waals surface area contributed by atoms with Crippen molar-refractivity contribution in [1.82, 2.24) is 4.57 Å². The van der Waals surface area contributed by atoms with Gasteiger partial charge in [0, 0.05) is 76.0 Å². The van der Waals surface area contributed by atoms with Crippen LogP contribution in [0.5, 0.6) is 0 Å². The van der Waals surface area contributed by atoms with Crippen molar-refractivity contribution in [1.29, 1.82) is 10.5 Å². The van der Waals surface area contributed by atoms with Gasteiger partial charge in [-0.3, -0.25) is 9.98 Å². The zero-order valence-electron chi connectivity index (χ0n) is 34.0. The molecular formula is C46H38Cl4F6N6O2. The number of aromatic nitrogens is 1. The summed E-state index contributed by atoms with van der Waals surface area (Å²) in [5, 5.41) is 19.2. The third-order valence-electron chi connectivity index (χ3n) is 11.2. The number of hydrogen-bond donors (Lipinski definition) is 1. The van der Waals surface area contributed by atoms with Gasteiger partial charge in [0.1, 0.15) is 23.0 Å². The molecule has 4 atom stereocenters. The zero-order chi connectivity index (χ0) is 46.6. The van der Waals surface area contributed by atoms with Crippen LogP contribution in [-0.4, -0.2) is 60.9 Å². The minimum atomic E-state index is -4.56. The van der Waals surface area contributed by atoms with Gasteiger partial charge in [-0.2, -0.15) is 36.9 Å². The molecule has 64 heavy (non-hydrogen) atoms. The van der Waals surface area contributed by atoms with Crippen molar-refractivity contribution in [3.8, 4) is 17.8 Å². The van der Waals surface area contributed by atoms with E-state index < -0.39 is 36.3 Å². The molecule has 0 bridgehead atoms. The topological polar surface area (TPSA) is 122 Å². The Hall–Kier alpha value is -5.06. The van der Waals surface area contributed by atoms with Gasteiger partial charge in [-0.15, -0.1) is 0 Å². The zero-order valence-corrected chi connectivity index (χ0v) is 37.1. The highest BCUT2D eigenvalue weighted by Crippen LogP contribution is 2.50. The average molecular weight is 963 g/mol. The molecule has 4 heterocycles. The Labute approximate surface area is 385 Å². The van der Waals surface area contributed by atoms with Crippen LogP contribution in [0.3, 0.4) is 0 Å². The van der Waals surface area contributed by atoms with E-state index in [-0.39, 0.29) is 67.3 Å². The second-order valence-electron chi connectivity index (χ2n) is 15.4. The van der Waals surface area contributed by atoms with Gasteiger partial charge in [0.15, 0.2) is 6.29 Å².